The summed E-state index contributed by atoms with van der Waals surface area (Å²) in [5.74, 6) is 0.964. The van der Waals surface area contributed by atoms with E-state index in [1.165, 1.54) is 51.9 Å². The molecule has 2 fully saturated rings. The van der Waals surface area contributed by atoms with Gasteiger partial charge in [0.15, 0.2) is 0 Å². The van der Waals surface area contributed by atoms with E-state index in [1.54, 1.807) is 0 Å². The van der Waals surface area contributed by atoms with Crippen molar-refractivity contribution in [2.75, 3.05) is 39.3 Å². The third-order valence-corrected chi connectivity index (χ3v) is 4.77. The van der Waals surface area contributed by atoms with Crippen LogP contribution >= 0.6 is 0 Å². The molecule has 0 bridgehead atoms. The number of hydrogen-bond donors (Lipinski definition) is 0. The van der Waals surface area contributed by atoms with Gasteiger partial charge < -0.3 is 4.74 Å². The summed E-state index contributed by atoms with van der Waals surface area (Å²) in [7, 11) is 0. The molecule has 0 spiro atoms. The van der Waals surface area contributed by atoms with Gasteiger partial charge in [0.05, 0.1) is 12.7 Å². The number of nitrogens with zero attached hydrogens (tertiary/aromatic N) is 2. The molecule has 0 aromatic rings. The standard InChI is InChI=1S/C16H32N2O/c1-14(2)19-13-12-17-8-10-18(11-9-17)16-6-4-15(3)5-7-16/h14-16H,4-13H2,1-3H3. The third kappa shape index (κ3) is 5.05. The largest absolute Gasteiger partial charge is 0.377 e. The average molecular weight is 268 g/mol. The van der Waals surface area contributed by atoms with Crippen LogP contribution < -0.4 is 0 Å². The molecule has 19 heavy (non-hydrogen) atoms. The van der Waals surface area contributed by atoms with Crippen molar-refractivity contribution in [2.24, 2.45) is 5.92 Å². The van der Waals surface area contributed by atoms with Crippen molar-refractivity contribution in [3.05, 3.63) is 0 Å². The first-order valence-electron chi connectivity index (χ1n) is 8.23. The fraction of sp³-hybridized carbons (Fsp3) is 1.00. The van der Waals surface area contributed by atoms with Gasteiger partial charge in [0.2, 0.25) is 0 Å². The molecule has 0 aromatic carbocycles. The van der Waals surface area contributed by atoms with Gasteiger partial charge >= 0.3 is 0 Å². The van der Waals surface area contributed by atoms with Gasteiger partial charge in [-0.25, -0.2) is 0 Å². The molecule has 0 aromatic heterocycles. The lowest BCUT2D eigenvalue weighted by Gasteiger charge is -2.41. The first-order chi connectivity index (χ1) is 9.15. The maximum atomic E-state index is 5.64. The molecule has 3 nitrogen and oxygen atoms in total. The summed E-state index contributed by atoms with van der Waals surface area (Å²) in [5, 5.41) is 0. The Bertz CT molecular complexity index is 241. The van der Waals surface area contributed by atoms with E-state index in [1.807, 2.05) is 0 Å². The molecule has 112 valence electrons. The lowest BCUT2D eigenvalue weighted by atomic mass is 9.86. The van der Waals surface area contributed by atoms with Gasteiger partial charge in [-0.15, -0.1) is 0 Å². The van der Waals surface area contributed by atoms with Crippen LogP contribution in [0, 0.1) is 5.92 Å². The van der Waals surface area contributed by atoms with Crippen molar-refractivity contribution in [1.29, 1.82) is 0 Å². The number of ether oxygens (including phenoxy) is 1. The molecule has 2 aliphatic rings. The van der Waals surface area contributed by atoms with Crippen molar-refractivity contribution < 1.29 is 4.74 Å². The second-order valence-corrected chi connectivity index (χ2v) is 6.71. The summed E-state index contributed by atoms with van der Waals surface area (Å²) >= 11 is 0. The minimum atomic E-state index is 0.366. The zero-order chi connectivity index (χ0) is 13.7. The van der Waals surface area contributed by atoms with Crippen molar-refractivity contribution in [1.82, 2.24) is 9.80 Å². The van der Waals surface area contributed by atoms with Gasteiger partial charge in [-0.3, -0.25) is 9.80 Å². The van der Waals surface area contributed by atoms with Gasteiger partial charge in [0.1, 0.15) is 0 Å². The van der Waals surface area contributed by atoms with Crippen molar-refractivity contribution in [3.63, 3.8) is 0 Å². The molecular weight excluding hydrogens is 236 g/mol. The van der Waals surface area contributed by atoms with E-state index < -0.39 is 0 Å². The molecule has 0 N–H and O–H groups in total. The minimum absolute atomic E-state index is 0.366. The SMILES string of the molecule is CC1CCC(N2CCN(CCOC(C)C)CC2)CC1. The smallest absolute Gasteiger partial charge is 0.0596 e. The molecular formula is C16H32N2O. The van der Waals surface area contributed by atoms with E-state index in [0.29, 0.717) is 6.10 Å². The van der Waals surface area contributed by atoms with Gasteiger partial charge in [-0.1, -0.05) is 6.92 Å². The molecule has 1 saturated carbocycles. The van der Waals surface area contributed by atoms with Crippen LogP contribution in [-0.2, 0) is 4.74 Å². The van der Waals surface area contributed by atoms with Crippen LogP contribution in [0.3, 0.4) is 0 Å². The highest BCUT2D eigenvalue weighted by Crippen LogP contribution is 2.27. The fourth-order valence-electron chi connectivity index (χ4n) is 3.38. The Hall–Kier alpha value is -0.120. The fourth-order valence-corrected chi connectivity index (χ4v) is 3.38. The van der Waals surface area contributed by atoms with Crippen LogP contribution in [0.15, 0.2) is 0 Å². The van der Waals surface area contributed by atoms with Gasteiger partial charge in [0.25, 0.3) is 0 Å². The number of rotatable bonds is 5. The van der Waals surface area contributed by atoms with Gasteiger partial charge in [0, 0.05) is 38.8 Å². The Morgan fingerprint density at radius 2 is 1.63 bits per heavy atom. The molecule has 1 aliphatic carbocycles. The molecule has 0 unspecified atom stereocenters. The van der Waals surface area contributed by atoms with E-state index in [9.17, 15) is 0 Å². The first-order valence-corrected chi connectivity index (χ1v) is 8.23. The normalized spacial score (nSPS) is 30.9. The Kier molecular flexibility index (Phi) is 6.11. The molecule has 0 amide bonds. The molecule has 2 rings (SSSR count). The maximum absolute atomic E-state index is 5.64. The van der Waals surface area contributed by atoms with Crippen LogP contribution in [-0.4, -0.2) is 61.3 Å². The van der Waals surface area contributed by atoms with E-state index in [0.717, 1.165) is 25.1 Å². The summed E-state index contributed by atoms with van der Waals surface area (Å²) in [5.41, 5.74) is 0. The van der Waals surface area contributed by atoms with Crippen LogP contribution in [0.5, 0.6) is 0 Å². The van der Waals surface area contributed by atoms with Crippen molar-refractivity contribution >= 4 is 0 Å². The lowest BCUT2D eigenvalue weighted by molar-refractivity contribution is 0.0314. The molecule has 0 atom stereocenters. The predicted molar refractivity (Wildman–Crippen MR) is 80.5 cm³/mol. The van der Waals surface area contributed by atoms with E-state index in [4.69, 9.17) is 4.74 Å². The summed E-state index contributed by atoms with van der Waals surface area (Å²) in [6, 6.07) is 0.880. The van der Waals surface area contributed by atoms with Crippen LogP contribution in [0.25, 0.3) is 0 Å². The highest BCUT2D eigenvalue weighted by Gasteiger charge is 2.26. The Labute approximate surface area is 119 Å². The van der Waals surface area contributed by atoms with Crippen LogP contribution in [0.2, 0.25) is 0 Å². The zero-order valence-electron chi connectivity index (χ0n) is 13.1. The summed E-state index contributed by atoms with van der Waals surface area (Å²) in [4.78, 5) is 5.30. The van der Waals surface area contributed by atoms with Crippen molar-refractivity contribution in [3.8, 4) is 0 Å². The van der Waals surface area contributed by atoms with E-state index >= 15 is 0 Å². The topological polar surface area (TPSA) is 15.7 Å². The molecule has 1 heterocycles. The maximum Gasteiger partial charge on any atom is 0.0596 e. The molecule has 3 heteroatoms. The highest BCUT2D eigenvalue weighted by molar-refractivity contribution is 4.82. The monoisotopic (exact) mass is 268 g/mol. The quantitative estimate of drug-likeness (QED) is 0.762. The Morgan fingerprint density at radius 1 is 1.00 bits per heavy atom. The minimum Gasteiger partial charge on any atom is -0.377 e. The first kappa shape index (κ1) is 15.3. The summed E-state index contributed by atoms with van der Waals surface area (Å²) in [6.07, 6.45) is 6.10. The van der Waals surface area contributed by atoms with E-state index in [2.05, 4.69) is 30.6 Å². The molecule has 1 aliphatic heterocycles. The Morgan fingerprint density at radius 3 is 2.21 bits per heavy atom. The van der Waals surface area contributed by atoms with E-state index in [-0.39, 0.29) is 0 Å². The van der Waals surface area contributed by atoms with Crippen LogP contribution in [0.1, 0.15) is 46.5 Å². The number of piperazine rings is 1. The number of hydrogen-bond acceptors (Lipinski definition) is 3. The zero-order valence-corrected chi connectivity index (χ0v) is 13.1. The lowest BCUT2D eigenvalue weighted by Crippen LogP contribution is -2.51. The Balaban J connectivity index is 1.62. The van der Waals surface area contributed by atoms with Gasteiger partial charge in [-0.05, 0) is 45.4 Å². The summed E-state index contributed by atoms with van der Waals surface area (Å²) in [6.45, 7) is 13.6. The molecule has 1 saturated heterocycles. The average Bonchev–Trinajstić information content (AvgIpc) is 2.40. The second kappa shape index (κ2) is 7.61. The summed E-state index contributed by atoms with van der Waals surface area (Å²) < 4.78 is 5.64. The van der Waals surface area contributed by atoms with Crippen LogP contribution in [0.4, 0.5) is 0 Å². The highest BCUT2D eigenvalue weighted by atomic mass is 16.5. The predicted octanol–water partition coefficient (Wildman–Crippen LogP) is 2.61. The molecule has 0 radical (unpaired) electrons. The van der Waals surface area contributed by atoms with Crippen molar-refractivity contribution in [2.45, 2.75) is 58.6 Å². The van der Waals surface area contributed by atoms with Gasteiger partial charge in [-0.2, -0.15) is 0 Å². The third-order valence-electron chi connectivity index (χ3n) is 4.77. The second-order valence-electron chi connectivity index (χ2n) is 6.71.